The molecule has 0 aliphatic carbocycles. The maximum absolute atomic E-state index is 6.00. The summed E-state index contributed by atoms with van der Waals surface area (Å²) in [5.41, 5.74) is 2.82. The molecule has 0 amide bonds. The molecular formula is C15H20O. The summed E-state index contributed by atoms with van der Waals surface area (Å²) in [6.45, 7) is 6.57. The fraction of sp³-hybridized carbons (Fsp3) is 0.467. The van der Waals surface area contributed by atoms with Crippen LogP contribution in [0, 0.1) is 0 Å². The molecule has 1 aliphatic heterocycles. The summed E-state index contributed by atoms with van der Waals surface area (Å²) in [5.74, 6) is 0.465. The van der Waals surface area contributed by atoms with Gasteiger partial charge in [-0.1, -0.05) is 48.9 Å². The van der Waals surface area contributed by atoms with Crippen molar-refractivity contribution in [3.8, 4) is 0 Å². The number of rotatable bonds is 2. The summed E-state index contributed by atoms with van der Waals surface area (Å²) >= 11 is 0. The third-order valence-corrected chi connectivity index (χ3v) is 3.31. The molecule has 3 atom stereocenters. The van der Waals surface area contributed by atoms with E-state index in [9.17, 15) is 0 Å². The fourth-order valence-corrected chi connectivity index (χ4v) is 2.42. The Bertz CT molecular complexity index is 366. The SMILES string of the molecule is CC1=C[C@@H](C)O[C@H]([C@H](C)c2ccccc2)C1. The Labute approximate surface area is 98.1 Å². The summed E-state index contributed by atoms with van der Waals surface area (Å²) in [5, 5.41) is 0. The van der Waals surface area contributed by atoms with Crippen LogP contribution in [0.5, 0.6) is 0 Å². The van der Waals surface area contributed by atoms with E-state index in [-0.39, 0.29) is 6.10 Å². The van der Waals surface area contributed by atoms with E-state index in [1.54, 1.807) is 0 Å². The summed E-state index contributed by atoms with van der Waals surface area (Å²) in [4.78, 5) is 0. The number of hydrogen-bond donors (Lipinski definition) is 0. The van der Waals surface area contributed by atoms with Crippen LogP contribution in [-0.4, -0.2) is 12.2 Å². The zero-order valence-corrected chi connectivity index (χ0v) is 10.3. The molecule has 0 fully saturated rings. The first-order valence-corrected chi connectivity index (χ1v) is 6.04. The predicted molar refractivity (Wildman–Crippen MR) is 67.6 cm³/mol. The Morgan fingerprint density at radius 2 is 1.94 bits per heavy atom. The third kappa shape index (κ3) is 2.53. The van der Waals surface area contributed by atoms with Gasteiger partial charge in [-0.3, -0.25) is 0 Å². The first-order chi connectivity index (χ1) is 7.66. The lowest BCUT2D eigenvalue weighted by molar-refractivity contribution is -0.000553. The highest BCUT2D eigenvalue weighted by molar-refractivity contribution is 5.21. The highest BCUT2D eigenvalue weighted by atomic mass is 16.5. The molecule has 0 saturated carbocycles. The Hall–Kier alpha value is -1.08. The van der Waals surface area contributed by atoms with Crippen molar-refractivity contribution in [1.29, 1.82) is 0 Å². The average Bonchev–Trinajstić information content (AvgIpc) is 2.28. The molecule has 2 rings (SSSR count). The van der Waals surface area contributed by atoms with Crippen molar-refractivity contribution in [2.45, 2.75) is 45.3 Å². The fourth-order valence-electron chi connectivity index (χ4n) is 2.42. The molecule has 0 saturated heterocycles. The topological polar surface area (TPSA) is 9.23 Å². The minimum atomic E-state index is 0.255. The van der Waals surface area contributed by atoms with Crippen LogP contribution in [0.4, 0.5) is 0 Å². The van der Waals surface area contributed by atoms with Gasteiger partial charge in [0.15, 0.2) is 0 Å². The van der Waals surface area contributed by atoms with Crippen LogP contribution < -0.4 is 0 Å². The van der Waals surface area contributed by atoms with Crippen molar-refractivity contribution >= 4 is 0 Å². The van der Waals surface area contributed by atoms with Gasteiger partial charge >= 0.3 is 0 Å². The van der Waals surface area contributed by atoms with Crippen molar-refractivity contribution in [2.75, 3.05) is 0 Å². The Balaban J connectivity index is 2.12. The summed E-state index contributed by atoms with van der Waals surface area (Å²) in [7, 11) is 0. The van der Waals surface area contributed by atoms with Crippen LogP contribution in [0.25, 0.3) is 0 Å². The van der Waals surface area contributed by atoms with Crippen molar-refractivity contribution in [2.24, 2.45) is 0 Å². The molecule has 0 N–H and O–H groups in total. The molecule has 0 radical (unpaired) electrons. The molecule has 0 unspecified atom stereocenters. The molecule has 1 aromatic carbocycles. The summed E-state index contributed by atoms with van der Waals surface area (Å²) in [6, 6.07) is 10.6. The Morgan fingerprint density at radius 1 is 1.25 bits per heavy atom. The van der Waals surface area contributed by atoms with Crippen molar-refractivity contribution < 1.29 is 4.74 Å². The van der Waals surface area contributed by atoms with Crippen LogP contribution in [0.1, 0.15) is 38.7 Å². The highest BCUT2D eigenvalue weighted by Gasteiger charge is 2.24. The monoisotopic (exact) mass is 216 g/mol. The molecule has 1 aliphatic rings. The molecule has 0 aromatic heterocycles. The summed E-state index contributed by atoms with van der Waals surface area (Å²) in [6.07, 6.45) is 3.85. The number of benzene rings is 1. The van der Waals surface area contributed by atoms with E-state index >= 15 is 0 Å². The molecule has 1 heteroatoms. The lowest BCUT2D eigenvalue weighted by atomic mass is 9.89. The quantitative estimate of drug-likeness (QED) is 0.681. The minimum absolute atomic E-state index is 0.255. The largest absolute Gasteiger partial charge is 0.370 e. The van der Waals surface area contributed by atoms with Gasteiger partial charge in [-0.25, -0.2) is 0 Å². The zero-order valence-electron chi connectivity index (χ0n) is 10.3. The molecule has 1 aromatic rings. The van der Waals surface area contributed by atoms with Gasteiger partial charge < -0.3 is 4.74 Å². The Morgan fingerprint density at radius 3 is 2.56 bits per heavy atom. The van der Waals surface area contributed by atoms with E-state index in [4.69, 9.17) is 4.74 Å². The maximum Gasteiger partial charge on any atom is 0.0734 e. The maximum atomic E-state index is 6.00. The first-order valence-electron chi connectivity index (χ1n) is 6.04. The van der Waals surface area contributed by atoms with Gasteiger partial charge in [0, 0.05) is 5.92 Å². The first kappa shape index (κ1) is 11.4. The molecule has 1 heterocycles. The zero-order chi connectivity index (χ0) is 11.5. The van der Waals surface area contributed by atoms with E-state index in [1.165, 1.54) is 11.1 Å². The van der Waals surface area contributed by atoms with Crippen LogP contribution >= 0.6 is 0 Å². The van der Waals surface area contributed by atoms with E-state index < -0.39 is 0 Å². The summed E-state index contributed by atoms with van der Waals surface area (Å²) < 4.78 is 6.00. The highest BCUT2D eigenvalue weighted by Crippen LogP contribution is 2.30. The molecule has 0 bridgehead atoms. The second kappa shape index (κ2) is 4.84. The number of hydrogen-bond acceptors (Lipinski definition) is 1. The smallest absolute Gasteiger partial charge is 0.0734 e. The van der Waals surface area contributed by atoms with Gasteiger partial charge in [0.2, 0.25) is 0 Å². The molecule has 16 heavy (non-hydrogen) atoms. The lowest BCUT2D eigenvalue weighted by Crippen LogP contribution is -2.28. The van der Waals surface area contributed by atoms with Gasteiger partial charge in [-0.2, -0.15) is 0 Å². The van der Waals surface area contributed by atoms with Crippen LogP contribution in [0.15, 0.2) is 42.0 Å². The normalized spacial score (nSPS) is 27.3. The van der Waals surface area contributed by atoms with Gasteiger partial charge in [0.1, 0.15) is 0 Å². The van der Waals surface area contributed by atoms with Crippen molar-refractivity contribution in [3.63, 3.8) is 0 Å². The van der Waals surface area contributed by atoms with Crippen LogP contribution in [0.3, 0.4) is 0 Å². The predicted octanol–water partition coefficient (Wildman–Crippen LogP) is 3.91. The molecule has 0 spiro atoms. The minimum Gasteiger partial charge on any atom is -0.370 e. The third-order valence-electron chi connectivity index (χ3n) is 3.31. The van der Waals surface area contributed by atoms with Gasteiger partial charge in [-0.15, -0.1) is 0 Å². The van der Waals surface area contributed by atoms with Crippen LogP contribution in [0.2, 0.25) is 0 Å². The van der Waals surface area contributed by atoms with Crippen molar-refractivity contribution in [3.05, 3.63) is 47.5 Å². The van der Waals surface area contributed by atoms with E-state index in [2.05, 4.69) is 57.2 Å². The Kier molecular flexibility index (Phi) is 3.45. The van der Waals surface area contributed by atoms with Gasteiger partial charge in [0.05, 0.1) is 12.2 Å². The van der Waals surface area contributed by atoms with Crippen molar-refractivity contribution in [1.82, 2.24) is 0 Å². The molecular weight excluding hydrogens is 196 g/mol. The molecule has 1 nitrogen and oxygen atoms in total. The van der Waals surface area contributed by atoms with E-state index in [1.807, 2.05) is 0 Å². The second-order valence-electron chi connectivity index (χ2n) is 4.80. The van der Waals surface area contributed by atoms with E-state index in [0.717, 1.165) is 6.42 Å². The van der Waals surface area contributed by atoms with Gasteiger partial charge in [0.25, 0.3) is 0 Å². The van der Waals surface area contributed by atoms with Gasteiger partial charge in [-0.05, 0) is 25.8 Å². The molecule has 86 valence electrons. The standard InChI is InChI=1S/C15H20O/c1-11-9-12(2)16-15(10-11)13(3)14-7-5-4-6-8-14/h4-9,12-13,15H,10H2,1-3H3/t12-,13-,15+/m1/s1. The van der Waals surface area contributed by atoms with Crippen LogP contribution in [-0.2, 0) is 4.74 Å². The average molecular weight is 216 g/mol. The number of ether oxygens (including phenoxy) is 1. The lowest BCUT2D eigenvalue weighted by Gasteiger charge is -2.31. The second-order valence-corrected chi connectivity index (χ2v) is 4.80. The van der Waals surface area contributed by atoms with E-state index in [0.29, 0.717) is 12.0 Å².